The van der Waals surface area contributed by atoms with E-state index in [0.717, 1.165) is 60.4 Å². The second-order valence-electron chi connectivity index (χ2n) is 10.4. The molecule has 2 fully saturated rings. The van der Waals surface area contributed by atoms with Gasteiger partial charge in [-0.15, -0.1) is 0 Å². The van der Waals surface area contributed by atoms with Gasteiger partial charge < -0.3 is 20.2 Å². The molecule has 2 N–H and O–H groups in total. The van der Waals surface area contributed by atoms with Crippen molar-refractivity contribution in [1.29, 1.82) is 0 Å². The number of carbonyl (C=O) groups is 1. The number of amides is 2. The van der Waals surface area contributed by atoms with Gasteiger partial charge in [0.15, 0.2) is 0 Å². The van der Waals surface area contributed by atoms with Gasteiger partial charge in [0.05, 0.1) is 11.2 Å². The highest BCUT2D eigenvalue weighted by Crippen LogP contribution is 2.34. The summed E-state index contributed by atoms with van der Waals surface area (Å²) in [6.45, 7) is 11.7. The molecule has 0 saturated carbocycles. The molecule has 0 aliphatic carbocycles. The Morgan fingerprint density at radius 1 is 1.08 bits per heavy atom. The minimum atomic E-state index is -0.794. The van der Waals surface area contributed by atoms with Crippen LogP contribution in [-0.2, 0) is 5.60 Å². The SMILES string of the molecule is CCNC(=O)N1CCN(c2ccnn3cc(-c4ccc([C@@]5(O)CCCN(C(C)C)C5)cc4)cc23)CC1. The first kappa shape index (κ1) is 24.6. The summed E-state index contributed by atoms with van der Waals surface area (Å²) in [7, 11) is 0. The number of likely N-dealkylation sites (tertiary alicyclic amines) is 1. The zero-order valence-electron chi connectivity index (χ0n) is 21.7. The standard InChI is InChI=1S/C28H38N6O2/c1-4-29-27(35)32-16-14-31(15-17-32)25-10-12-30-34-19-23(18-26(25)34)22-6-8-24(9-7-22)28(36)11-5-13-33(20-28)21(2)3/h6-10,12,18-19,21,36H,4-5,11,13-17,20H2,1-3H3,(H,29,35)/t28-/m1/s1. The van der Waals surface area contributed by atoms with E-state index in [9.17, 15) is 9.90 Å². The first-order chi connectivity index (χ1) is 17.4. The van der Waals surface area contributed by atoms with Crippen LogP contribution in [0.2, 0.25) is 0 Å². The smallest absolute Gasteiger partial charge is 0.317 e. The second kappa shape index (κ2) is 10.1. The summed E-state index contributed by atoms with van der Waals surface area (Å²) in [6.07, 6.45) is 5.71. The lowest BCUT2D eigenvalue weighted by Gasteiger charge is -2.41. The number of urea groups is 1. The van der Waals surface area contributed by atoms with Gasteiger partial charge in [0.1, 0.15) is 5.60 Å². The van der Waals surface area contributed by atoms with Gasteiger partial charge in [-0.2, -0.15) is 5.10 Å². The normalized spacial score (nSPS) is 21.4. The van der Waals surface area contributed by atoms with Crippen LogP contribution in [0.25, 0.3) is 16.6 Å². The molecular weight excluding hydrogens is 452 g/mol. The van der Waals surface area contributed by atoms with Crippen LogP contribution in [0.1, 0.15) is 39.2 Å². The number of rotatable bonds is 5. The molecule has 5 rings (SSSR count). The Kier molecular flexibility index (Phi) is 6.90. The summed E-state index contributed by atoms with van der Waals surface area (Å²) in [5.74, 6) is 0. The van der Waals surface area contributed by atoms with Crippen molar-refractivity contribution >= 4 is 17.2 Å². The van der Waals surface area contributed by atoms with E-state index in [1.807, 2.05) is 22.5 Å². The molecule has 2 aliphatic heterocycles. The fourth-order valence-electron chi connectivity index (χ4n) is 5.56. The largest absolute Gasteiger partial charge is 0.384 e. The Hall–Kier alpha value is -3.10. The highest BCUT2D eigenvalue weighted by atomic mass is 16.3. The number of β-amino-alcohol motifs (C(OH)–C–C–N with tert-alkyl or cyclic N) is 1. The Morgan fingerprint density at radius 2 is 1.83 bits per heavy atom. The predicted molar refractivity (Wildman–Crippen MR) is 143 cm³/mol. The lowest BCUT2D eigenvalue weighted by Crippen LogP contribution is -2.51. The fraction of sp³-hybridized carbons (Fsp3) is 0.500. The van der Waals surface area contributed by atoms with Crippen LogP contribution >= 0.6 is 0 Å². The number of benzene rings is 1. The van der Waals surface area contributed by atoms with E-state index in [1.54, 1.807) is 0 Å². The summed E-state index contributed by atoms with van der Waals surface area (Å²) in [5.41, 5.74) is 4.59. The maximum absolute atomic E-state index is 12.2. The number of piperidine rings is 1. The first-order valence-electron chi connectivity index (χ1n) is 13.2. The summed E-state index contributed by atoms with van der Waals surface area (Å²) < 4.78 is 1.93. The number of fused-ring (bicyclic) bond motifs is 1. The van der Waals surface area contributed by atoms with E-state index in [-0.39, 0.29) is 6.03 Å². The third-order valence-electron chi connectivity index (χ3n) is 7.71. The van der Waals surface area contributed by atoms with Crippen molar-refractivity contribution in [3.63, 3.8) is 0 Å². The monoisotopic (exact) mass is 490 g/mol. The third-order valence-corrected chi connectivity index (χ3v) is 7.71. The fourth-order valence-corrected chi connectivity index (χ4v) is 5.56. The zero-order chi connectivity index (χ0) is 25.3. The van der Waals surface area contributed by atoms with Crippen molar-refractivity contribution in [3.8, 4) is 11.1 Å². The molecule has 2 saturated heterocycles. The highest BCUT2D eigenvalue weighted by molar-refractivity contribution is 5.80. The van der Waals surface area contributed by atoms with Crippen molar-refractivity contribution in [3.05, 3.63) is 54.4 Å². The number of carbonyl (C=O) groups excluding carboxylic acids is 1. The Balaban J connectivity index is 1.34. The highest BCUT2D eigenvalue weighted by Gasteiger charge is 2.35. The van der Waals surface area contributed by atoms with Gasteiger partial charge in [0, 0.05) is 63.3 Å². The molecule has 36 heavy (non-hydrogen) atoms. The molecule has 8 heteroatoms. The van der Waals surface area contributed by atoms with E-state index in [2.05, 4.69) is 76.7 Å². The summed E-state index contributed by atoms with van der Waals surface area (Å²) in [6, 6.07) is 13.1. The minimum absolute atomic E-state index is 0.0141. The van der Waals surface area contributed by atoms with Crippen LogP contribution in [-0.4, -0.2) is 82.4 Å². The average Bonchev–Trinajstić information content (AvgIpc) is 3.34. The van der Waals surface area contributed by atoms with Crippen LogP contribution in [0.4, 0.5) is 10.5 Å². The van der Waals surface area contributed by atoms with E-state index in [4.69, 9.17) is 0 Å². The van der Waals surface area contributed by atoms with E-state index < -0.39 is 5.60 Å². The topological polar surface area (TPSA) is 76.4 Å². The quantitative estimate of drug-likeness (QED) is 0.572. The summed E-state index contributed by atoms with van der Waals surface area (Å²) in [4.78, 5) is 18.7. The Labute approximate surface area is 213 Å². The number of nitrogens with one attached hydrogen (secondary N) is 1. The summed E-state index contributed by atoms with van der Waals surface area (Å²) >= 11 is 0. The molecule has 2 aliphatic rings. The number of nitrogens with zero attached hydrogens (tertiary/aromatic N) is 5. The number of hydrogen-bond acceptors (Lipinski definition) is 5. The second-order valence-corrected chi connectivity index (χ2v) is 10.4. The van der Waals surface area contributed by atoms with Crippen LogP contribution in [0.15, 0.2) is 48.8 Å². The predicted octanol–water partition coefficient (Wildman–Crippen LogP) is 3.54. The number of aliphatic hydroxyl groups is 1. The van der Waals surface area contributed by atoms with Crippen LogP contribution < -0.4 is 10.2 Å². The number of piperazine rings is 1. The number of aromatic nitrogens is 2. The van der Waals surface area contributed by atoms with Gasteiger partial charge in [-0.05, 0) is 63.4 Å². The molecule has 192 valence electrons. The first-order valence-corrected chi connectivity index (χ1v) is 13.2. The molecule has 8 nitrogen and oxygen atoms in total. The maximum atomic E-state index is 12.2. The van der Waals surface area contributed by atoms with Crippen molar-refractivity contribution in [1.82, 2.24) is 24.7 Å². The van der Waals surface area contributed by atoms with Crippen LogP contribution in [0.3, 0.4) is 0 Å². The molecule has 2 amide bonds. The molecule has 0 bridgehead atoms. The summed E-state index contributed by atoms with van der Waals surface area (Å²) in [5, 5.41) is 18.8. The van der Waals surface area contributed by atoms with Crippen LogP contribution in [0.5, 0.6) is 0 Å². The number of hydrogen-bond donors (Lipinski definition) is 2. The Bertz CT molecular complexity index is 1200. The molecule has 0 unspecified atom stereocenters. The van der Waals surface area contributed by atoms with Gasteiger partial charge in [-0.1, -0.05) is 24.3 Å². The lowest BCUT2D eigenvalue weighted by atomic mass is 9.84. The van der Waals surface area contributed by atoms with Gasteiger partial charge >= 0.3 is 6.03 Å². The van der Waals surface area contributed by atoms with Gasteiger partial charge in [-0.3, -0.25) is 4.90 Å². The third kappa shape index (κ3) is 4.80. The van der Waals surface area contributed by atoms with Crippen LogP contribution in [0, 0.1) is 0 Å². The Morgan fingerprint density at radius 3 is 2.53 bits per heavy atom. The molecule has 2 aromatic heterocycles. The number of anilines is 1. The maximum Gasteiger partial charge on any atom is 0.317 e. The molecule has 1 atom stereocenters. The van der Waals surface area contributed by atoms with Crippen molar-refractivity contribution < 1.29 is 9.90 Å². The molecule has 0 radical (unpaired) electrons. The molecule has 0 spiro atoms. The molecule has 4 heterocycles. The van der Waals surface area contributed by atoms with E-state index in [0.29, 0.717) is 32.2 Å². The zero-order valence-corrected chi connectivity index (χ0v) is 21.7. The van der Waals surface area contributed by atoms with Crippen molar-refractivity contribution in [2.45, 2.75) is 45.3 Å². The minimum Gasteiger partial charge on any atom is -0.384 e. The van der Waals surface area contributed by atoms with Crippen molar-refractivity contribution in [2.75, 3.05) is 50.7 Å². The van der Waals surface area contributed by atoms with E-state index in [1.165, 1.54) is 0 Å². The lowest BCUT2D eigenvalue weighted by molar-refractivity contribution is -0.0445. The van der Waals surface area contributed by atoms with E-state index >= 15 is 0 Å². The average molecular weight is 491 g/mol. The molecule has 1 aromatic carbocycles. The van der Waals surface area contributed by atoms with Gasteiger partial charge in [0.25, 0.3) is 0 Å². The van der Waals surface area contributed by atoms with Gasteiger partial charge in [-0.25, -0.2) is 9.31 Å². The molecule has 3 aromatic rings. The van der Waals surface area contributed by atoms with Gasteiger partial charge in [0.2, 0.25) is 0 Å². The van der Waals surface area contributed by atoms with Crippen molar-refractivity contribution in [2.24, 2.45) is 0 Å². The molecular formula is C28H38N6O2.